The minimum absolute atomic E-state index is 1.19. The summed E-state index contributed by atoms with van der Waals surface area (Å²) in [5.41, 5.74) is 1.65. The average molecular weight is 213 g/mol. The van der Waals surface area contributed by atoms with E-state index in [1.165, 1.54) is 38.9 Å². The number of hydrogen-bond acceptors (Lipinski definition) is 1. The Kier molecular flexibility index (Phi) is 15.6. The Labute approximate surface area is 97.6 Å². The third kappa shape index (κ3) is 8.68. The highest BCUT2D eigenvalue weighted by molar-refractivity contribution is 5.06. The lowest BCUT2D eigenvalue weighted by Gasteiger charge is -2.25. The van der Waals surface area contributed by atoms with Crippen molar-refractivity contribution in [3.63, 3.8) is 0 Å². The molecule has 0 saturated heterocycles. The van der Waals surface area contributed by atoms with Crippen molar-refractivity contribution in [2.75, 3.05) is 19.6 Å². The first-order valence-corrected chi connectivity index (χ1v) is 6.77. The van der Waals surface area contributed by atoms with Gasteiger partial charge in [0.05, 0.1) is 0 Å². The Morgan fingerprint density at radius 2 is 1.73 bits per heavy atom. The molecular formula is C14H31N. The topological polar surface area (TPSA) is 3.24 Å². The van der Waals surface area contributed by atoms with Crippen LogP contribution in [0.4, 0.5) is 0 Å². The monoisotopic (exact) mass is 213 g/mol. The first-order chi connectivity index (χ1) is 7.36. The molecule has 1 aliphatic rings. The quantitative estimate of drug-likeness (QED) is 0.624. The van der Waals surface area contributed by atoms with Crippen LogP contribution in [0.5, 0.6) is 0 Å². The summed E-state index contributed by atoms with van der Waals surface area (Å²) < 4.78 is 0. The Morgan fingerprint density at radius 3 is 2.07 bits per heavy atom. The second-order valence-electron chi connectivity index (χ2n) is 3.27. The van der Waals surface area contributed by atoms with Crippen molar-refractivity contribution in [2.45, 2.75) is 60.8 Å². The summed E-state index contributed by atoms with van der Waals surface area (Å²) in [4.78, 5) is 2.53. The molecule has 92 valence electrons. The maximum atomic E-state index is 2.53. The average Bonchev–Trinajstić information content (AvgIpc) is 2.36. The number of hydrogen-bond donors (Lipinski definition) is 0. The summed E-state index contributed by atoms with van der Waals surface area (Å²) in [5.74, 6) is 0. The fourth-order valence-corrected chi connectivity index (χ4v) is 1.59. The molecule has 1 aliphatic heterocycles. The molecule has 0 atom stereocenters. The molecule has 1 heterocycles. The van der Waals surface area contributed by atoms with Crippen molar-refractivity contribution in [3.05, 3.63) is 11.6 Å². The molecule has 0 aromatic rings. The third-order valence-electron chi connectivity index (χ3n) is 2.38. The Morgan fingerprint density at radius 1 is 1.13 bits per heavy atom. The van der Waals surface area contributed by atoms with Crippen LogP contribution in [0.2, 0.25) is 0 Å². The van der Waals surface area contributed by atoms with Gasteiger partial charge in [0, 0.05) is 13.1 Å². The zero-order chi connectivity index (χ0) is 12.1. The first-order valence-electron chi connectivity index (χ1n) is 6.77. The summed E-state index contributed by atoms with van der Waals surface area (Å²) in [6, 6.07) is 0. The van der Waals surface area contributed by atoms with Crippen LogP contribution in [0.3, 0.4) is 0 Å². The van der Waals surface area contributed by atoms with E-state index in [0.29, 0.717) is 0 Å². The Balaban J connectivity index is 0. The third-order valence-corrected chi connectivity index (χ3v) is 2.38. The first kappa shape index (κ1) is 17.1. The van der Waals surface area contributed by atoms with Crippen molar-refractivity contribution in [2.24, 2.45) is 0 Å². The normalized spacial score (nSPS) is 15.5. The molecule has 15 heavy (non-hydrogen) atoms. The van der Waals surface area contributed by atoms with Gasteiger partial charge in [-0.05, 0) is 25.8 Å². The van der Waals surface area contributed by atoms with Gasteiger partial charge in [-0.25, -0.2) is 0 Å². The van der Waals surface area contributed by atoms with Crippen LogP contribution >= 0.6 is 0 Å². The predicted molar refractivity (Wildman–Crippen MR) is 72.4 cm³/mol. The van der Waals surface area contributed by atoms with Gasteiger partial charge in [0.25, 0.3) is 0 Å². The molecular weight excluding hydrogens is 182 g/mol. The van der Waals surface area contributed by atoms with E-state index in [1.807, 2.05) is 27.7 Å². The zero-order valence-electron chi connectivity index (χ0n) is 11.8. The number of nitrogens with zero attached hydrogens (tertiary/aromatic N) is 1. The SMILES string of the molecule is CC.CC.CCCN1CC=C(CC)CC1. The van der Waals surface area contributed by atoms with Gasteiger partial charge < -0.3 is 0 Å². The van der Waals surface area contributed by atoms with E-state index >= 15 is 0 Å². The van der Waals surface area contributed by atoms with Crippen LogP contribution in [0.15, 0.2) is 11.6 Å². The van der Waals surface area contributed by atoms with Crippen molar-refractivity contribution in [3.8, 4) is 0 Å². The minimum atomic E-state index is 1.19. The van der Waals surface area contributed by atoms with Crippen LogP contribution in [0.1, 0.15) is 60.8 Å². The molecule has 0 aromatic heterocycles. The summed E-state index contributed by atoms with van der Waals surface area (Å²) in [5, 5.41) is 0. The van der Waals surface area contributed by atoms with E-state index in [-0.39, 0.29) is 0 Å². The Hall–Kier alpha value is -0.300. The fraction of sp³-hybridized carbons (Fsp3) is 0.857. The maximum absolute atomic E-state index is 2.53. The van der Waals surface area contributed by atoms with E-state index in [2.05, 4.69) is 24.8 Å². The van der Waals surface area contributed by atoms with E-state index in [4.69, 9.17) is 0 Å². The molecule has 1 nitrogen and oxygen atoms in total. The lowest BCUT2D eigenvalue weighted by Crippen LogP contribution is -2.29. The molecule has 0 radical (unpaired) electrons. The number of rotatable bonds is 3. The van der Waals surface area contributed by atoms with E-state index in [1.54, 1.807) is 5.57 Å². The molecule has 0 aromatic carbocycles. The van der Waals surface area contributed by atoms with Gasteiger partial charge in [0.2, 0.25) is 0 Å². The van der Waals surface area contributed by atoms with Gasteiger partial charge in [-0.15, -0.1) is 0 Å². The van der Waals surface area contributed by atoms with Gasteiger partial charge in [0.1, 0.15) is 0 Å². The summed E-state index contributed by atoms with van der Waals surface area (Å²) in [7, 11) is 0. The molecule has 0 saturated carbocycles. The van der Waals surface area contributed by atoms with Crippen molar-refractivity contribution >= 4 is 0 Å². The second-order valence-corrected chi connectivity index (χ2v) is 3.27. The summed E-state index contributed by atoms with van der Waals surface area (Å²) >= 11 is 0. The molecule has 0 bridgehead atoms. The van der Waals surface area contributed by atoms with Gasteiger partial charge >= 0.3 is 0 Å². The van der Waals surface area contributed by atoms with E-state index < -0.39 is 0 Å². The highest BCUT2D eigenvalue weighted by Gasteiger charge is 2.08. The van der Waals surface area contributed by atoms with Crippen LogP contribution in [-0.2, 0) is 0 Å². The van der Waals surface area contributed by atoms with Crippen molar-refractivity contribution < 1.29 is 0 Å². The van der Waals surface area contributed by atoms with Crippen LogP contribution in [0.25, 0.3) is 0 Å². The minimum Gasteiger partial charge on any atom is -0.299 e. The van der Waals surface area contributed by atoms with Crippen LogP contribution < -0.4 is 0 Å². The van der Waals surface area contributed by atoms with E-state index in [9.17, 15) is 0 Å². The van der Waals surface area contributed by atoms with Gasteiger partial charge in [-0.3, -0.25) is 4.90 Å². The standard InChI is InChI=1S/C10H19N.2C2H6/c1-3-7-11-8-5-10(4-2)6-9-11;2*1-2/h5H,3-4,6-9H2,1-2H3;2*1-2H3. The molecule has 0 spiro atoms. The summed E-state index contributed by atoms with van der Waals surface area (Å²) in [6.45, 7) is 16.2. The molecule has 0 amide bonds. The molecule has 0 aliphatic carbocycles. The molecule has 0 N–H and O–H groups in total. The highest BCUT2D eigenvalue weighted by atomic mass is 15.1. The van der Waals surface area contributed by atoms with Gasteiger partial charge in [-0.2, -0.15) is 0 Å². The predicted octanol–water partition coefficient (Wildman–Crippen LogP) is 4.49. The molecule has 1 heteroatoms. The highest BCUT2D eigenvalue weighted by Crippen LogP contribution is 2.13. The van der Waals surface area contributed by atoms with Gasteiger partial charge in [0.15, 0.2) is 0 Å². The van der Waals surface area contributed by atoms with Crippen molar-refractivity contribution in [1.29, 1.82) is 0 Å². The Bertz CT molecular complexity index is 138. The lowest BCUT2D eigenvalue weighted by atomic mass is 10.1. The van der Waals surface area contributed by atoms with Crippen LogP contribution in [0, 0.1) is 0 Å². The largest absolute Gasteiger partial charge is 0.299 e. The second kappa shape index (κ2) is 13.7. The molecule has 0 unspecified atom stereocenters. The van der Waals surface area contributed by atoms with Crippen LogP contribution in [-0.4, -0.2) is 24.5 Å². The smallest absolute Gasteiger partial charge is 0.0165 e. The lowest BCUT2D eigenvalue weighted by molar-refractivity contribution is 0.293. The maximum Gasteiger partial charge on any atom is 0.0165 e. The summed E-state index contributed by atoms with van der Waals surface area (Å²) in [6.07, 6.45) is 6.24. The van der Waals surface area contributed by atoms with Gasteiger partial charge in [-0.1, -0.05) is 53.2 Å². The molecule has 1 rings (SSSR count). The zero-order valence-corrected chi connectivity index (χ0v) is 11.8. The van der Waals surface area contributed by atoms with E-state index in [0.717, 1.165) is 0 Å². The fourth-order valence-electron chi connectivity index (χ4n) is 1.59. The molecule has 0 fully saturated rings. The van der Waals surface area contributed by atoms with Crippen molar-refractivity contribution in [1.82, 2.24) is 4.90 Å².